The second-order valence-corrected chi connectivity index (χ2v) is 5.91. The SMILES string of the molecule is CC(C)c1nc(CN(C)[C@@H]2CCN(CC(F)(F)F)C2)no1. The first-order valence-electron chi connectivity index (χ1n) is 7.06. The molecule has 0 radical (unpaired) electrons. The second kappa shape index (κ2) is 6.31. The maximum atomic E-state index is 12.4. The van der Waals surface area contributed by atoms with Crippen molar-refractivity contribution in [2.75, 3.05) is 26.7 Å². The average Bonchev–Trinajstić information content (AvgIpc) is 2.96. The van der Waals surface area contributed by atoms with Crippen LogP contribution in [0.4, 0.5) is 13.2 Å². The number of nitrogens with zero attached hydrogens (tertiary/aromatic N) is 4. The van der Waals surface area contributed by atoms with Crippen LogP contribution in [0.5, 0.6) is 0 Å². The molecule has 2 heterocycles. The van der Waals surface area contributed by atoms with Gasteiger partial charge in [-0.1, -0.05) is 19.0 Å². The van der Waals surface area contributed by atoms with Gasteiger partial charge in [-0.25, -0.2) is 0 Å². The smallest absolute Gasteiger partial charge is 0.339 e. The molecule has 1 saturated heterocycles. The highest BCUT2D eigenvalue weighted by Gasteiger charge is 2.35. The molecule has 21 heavy (non-hydrogen) atoms. The molecule has 1 aromatic heterocycles. The highest BCUT2D eigenvalue weighted by atomic mass is 19.4. The van der Waals surface area contributed by atoms with Crippen LogP contribution in [0.2, 0.25) is 0 Å². The van der Waals surface area contributed by atoms with E-state index in [1.54, 1.807) is 0 Å². The van der Waals surface area contributed by atoms with Gasteiger partial charge >= 0.3 is 6.18 Å². The van der Waals surface area contributed by atoms with Gasteiger partial charge in [0, 0.05) is 25.0 Å². The monoisotopic (exact) mass is 306 g/mol. The molecule has 0 aliphatic carbocycles. The average molecular weight is 306 g/mol. The Bertz CT molecular complexity index is 461. The number of hydrogen-bond acceptors (Lipinski definition) is 5. The predicted molar refractivity (Wildman–Crippen MR) is 70.8 cm³/mol. The Morgan fingerprint density at radius 3 is 2.71 bits per heavy atom. The van der Waals surface area contributed by atoms with Crippen molar-refractivity contribution < 1.29 is 17.7 Å². The van der Waals surface area contributed by atoms with E-state index in [-0.39, 0.29) is 12.0 Å². The van der Waals surface area contributed by atoms with E-state index in [0.29, 0.717) is 31.3 Å². The van der Waals surface area contributed by atoms with Gasteiger partial charge in [-0.2, -0.15) is 18.2 Å². The van der Waals surface area contributed by atoms with Crippen LogP contribution in [-0.2, 0) is 6.54 Å². The minimum Gasteiger partial charge on any atom is -0.339 e. The van der Waals surface area contributed by atoms with Crippen LogP contribution in [0.3, 0.4) is 0 Å². The lowest BCUT2D eigenvalue weighted by atomic mass is 10.2. The van der Waals surface area contributed by atoms with E-state index in [1.807, 2.05) is 25.8 Å². The van der Waals surface area contributed by atoms with Crippen LogP contribution >= 0.6 is 0 Å². The lowest BCUT2D eigenvalue weighted by Gasteiger charge is -2.23. The fourth-order valence-electron chi connectivity index (χ4n) is 2.49. The van der Waals surface area contributed by atoms with Crippen LogP contribution < -0.4 is 0 Å². The Balaban J connectivity index is 1.85. The van der Waals surface area contributed by atoms with Crippen molar-refractivity contribution >= 4 is 0 Å². The molecule has 1 fully saturated rings. The van der Waals surface area contributed by atoms with Gasteiger partial charge in [0.15, 0.2) is 5.82 Å². The van der Waals surface area contributed by atoms with Crippen molar-refractivity contribution in [2.45, 2.75) is 44.9 Å². The summed E-state index contributed by atoms with van der Waals surface area (Å²) in [7, 11) is 1.88. The molecule has 5 nitrogen and oxygen atoms in total. The standard InChI is InChI=1S/C13H21F3N4O/c1-9(2)12-17-11(18-21-12)7-19(3)10-4-5-20(6-10)8-13(14,15)16/h9-10H,4-8H2,1-3H3/t10-/m1/s1. The Hall–Kier alpha value is -1.15. The van der Waals surface area contributed by atoms with Crippen LogP contribution in [0, 0.1) is 0 Å². The van der Waals surface area contributed by atoms with Gasteiger partial charge in [0.25, 0.3) is 0 Å². The fourth-order valence-corrected chi connectivity index (χ4v) is 2.49. The number of rotatable bonds is 5. The molecular weight excluding hydrogens is 285 g/mol. The second-order valence-electron chi connectivity index (χ2n) is 5.91. The summed E-state index contributed by atoms with van der Waals surface area (Å²) in [5, 5.41) is 3.91. The van der Waals surface area contributed by atoms with E-state index in [4.69, 9.17) is 4.52 Å². The molecule has 0 N–H and O–H groups in total. The van der Waals surface area contributed by atoms with E-state index in [2.05, 4.69) is 10.1 Å². The van der Waals surface area contributed by atoms with Crippen molar-refractivity contribution in [1.82, 2.24) is 19.9 Å². The van der Waals surface area contributed by atoms with Crippen LogP contribution in [-0.4, -0.2) is 58.8 Å². The highest BCUT2D eigenvalue weighted by molar-refractivity contribution is 4.92. The third kappa shape index (κ3) is 4.67. The topological polar surface area (TPSA) is 45.4 Å². The van der Waals surface area contributed by atoms with Crippen molar-refractivity contribution in [2.24, 2.45) is 0 Å². The zero-order valence-corrected chi connectivity index (χ0v) is 12.5. The first kappa shape index (κ1) is 16.2. The van der Waals surface area contributed by atoms with E-state index in [0.717, 1.165) is 6.42 Å². The molecule has 0 saturated carbocycles. The number of alkyl halides is 3. The molecule has 1 aliphatic heterocycles. The number of halogens is 3. The number of aromatic nitrogens is 2. The van der Waals surface area contributed by atoms with E-state index < -0.39 is 12.7 Å². The fraction of sp³-hybridized carbons (Fsp3) is 0.846. The number of likely N-dealkylation sites (tertiary alicyclic amines) is 1. The molecule has 1 aromatic rings. The summed E-state index contributed by atoms with van der Waals surface area (Å²) >= 11 is 0. The third-order valence-electron chi connectivity index (χ3n) is 3.64. The minimum atomic E-state index is -4.13. The quantitative estimate of drug-likeness (QED) is 0.835. The summed E-state index contributed by atoms with van der Waals surface area (Å²) in [5.41, 5.74) is 0. The van der Waals surface area contributed by atoms with E-state index in [1.165, 1.54) is 4.90 Å². The lowest BCUT2D eigenvalue weighted by Crippen LogP contribution is -2.37. The highest BCUT2D eigenvalue weighted by Crippen LogP contribution is 2.22. The van der Waals surface area contributed by atoms with Gasteiger partial charge in [0.05, 0.1) is 13.1 Å². The van der Waals surface area contributed by atoms with Crippen molar-refractivity contribution in [3.63, 3.8) is 0 Å². The third-order valence-corrected chi connectivity index (χ3v) is 3.64. The van der Waals surface area contributed by atoms with Crippen LogP contribution in [0.1, 0.15) is 37.9 Å². The molecule has 1 aliphatic rings. The predicted octanol–water partition coefficient (Wildman–Crippen LogP) is 2.26. The Morgan fingerprint density at radius 2 is 2.14 bits per heavy atom. The first-order valence-corrected chi connectivity index (χ1v) is 7.06. The maximum Gasteiger partial charge on any atom is 0.401 e. The summed E-state index contributed by atoms with van der Waals surface area (Å²) < 4.78 is 42.2. The molecular formula is C13H21F3N4O. The van der Waals surface area contributed by atoms with Crippen molar-refractivity contribution in [3.8, 4) is 0 Å². The minimum absolute atomic E-state index is 0.0911. The molecule has 0 amide bonds. The zero-order chi connectivity index (χ0) is 15.6. The summed E-state index contributed by atoms with van der Waals surface area (Å²) in [6.45, 7) is 4.47. The Morgan fingerprint density at radius 1 is 1.43 bits per heavy atom. The maximum absolute atomic E-state index is 12.4. The molecule has 0 unspecified atom stereocenters. The normalized spacial score (nSPS) is 20.9. The Kier molecular flexibility index (Phi) is 4.88. The summed E-state index contributed by atoms with van der Waals surface area (Å²) in [5.74, 6) is 1.34. The van der Waals surface area contributed by atoms with E-state index >= 15 is 0 Å². The van der Waals surface area contributed by atoms with Gasteiger partial charge in [-0.15, -0.1) is 0 Å². The lowest BCUT2D eigenvalue weighted by molar-refractivity contribution is -0.143. The van der Waals surface area contributed by atoms with Gasteiger partial charge < -0.3 is 4.52 Å². The Labute approximate surface area is 122 Å². The molecule has 120 valence electrons. The number of hydrogen-bond donors (Lipinski definition) is 0. The molecule has 2 rings (SSSR count). The molecule has 1 atom stereocenters. The first-order chi connectivity index (χ1) is 9.74. The van der Waals surface area contributed by atoms with Gasteiger partial charge in [0.2, 0.25) is 5.89 Å². The molecule has 0 bridgehead atoms. The summed E-state index contributed by atoms with van der Waals surface area (Å²) in [6, 6.07) is 0.0911. The van der Waals surface area contributed by atoms with Gasteiger partial charge in [0.1, 0.15) is 0 Å². The zero-order valence-electron chi connectivity index (χ0n) is 12.5. The summed E-state index contributed by atoms with van der Waals surface area (Å²) in [4.78, 5) is 7.72. The summed E-state index contributed by atoms with van der Waals surface area (Å²) in [6.07, 6.45) is -3.41. The van der Waals surface area contributed by atoms with Crippen molar-refractivity contribution in [1.29, 1.82) is 0 Å². The molecule has 0 spiro atoms. The van der Waals surface area contributed by atoms with Crippen molar-refractivity contribution in [3.05, 3.63) is 11.7 Å². The molecule has 0 aromatic carbocycles. The van der Waals surface area contributed by atoms with Crippen LogP contribution in [0.15, 0.2) is 4.52 Å². The van der Waals surface area contributed by atoms with Gasteiger partial charge in [-0.05, 0) is 13.5 Å². The van der Waals surface area contributed by atoms with Gasteiger partial charge in [-0.3, -0.25) is 9.80 Å². The number of likely N-dealkylation sites (N-methyl/N-ethyl adjacent to an activating group) is 1. The van der Waals surface area contributed by atoms with Crippen LogP contribution in [0.25, 0.3) is 0 Å². The largest absolute Gasteiger partial charge is 0.401 e. The van der Waals surface area contributed by atoms with E-state index in [9.17, 15) is 13.2 Å². The molecule has 8 heteroatoms.